The van der Waals surface area contributed by atoms with Gasteiger partial charge in [0.2, 0.25) is 0 Å². The molecule has 1 aromatic carbocycles. The van der Waals surface area contributed by atoms with Crippen molar-refractivity contribution in [3.8, 4) is 0 Å². The summed E-state index contributed by atoms with van der Waals surface area (Å²) in [4.78, 5) is 26.1. The molecule has 0 bridgehead atoms. The summed E-state index contributed by atoms with van der Waals surface area (Å²) < 4.78 is 6.45. The van der Waals surface area contributed by atoms with Gasteiger partial charge >= 0.3 is 5.97 Å². The van der Waals surface area contributed by atoms with Gasteiger partial charge in [0, 0.05) is 18.5 Å². The zero-order valence-corrected chi connectivity index (χ0v) is 19.7. The van der Waals surface area contributed by atoms with Crippen LogP contribution >= 0.6 is 24.0 Å². The van der Waals surface area contributed by atoms with E-state index in [1.165, 1.54) is 11.8 Å². The molecule has 32 heavy (non-hydrogen) atoms. The molecule has 1 aromatic heterocycles. The number of benzene rings is 1. The largest absolute Gasteiger partial charge is 0.478 e. The minimum absolute atomic E-state index is 0.0983. The molecule has 0 unspecified atom stereocenters. The normalized spacial score (nSPS) is 16.0. The van der Waals surface area contributed by atoms with Crippen LogP contribution in [0.2, 0.25) is 0 Å². The monoisotopic (exact) mass is 467 g/mol. The van der Waals surface area contributed by atoms with E-state index in [1.807, 2.05) is 56.4 Å². The third-order valence-electron chi connectivity index (χ3n) is 5.00. The number of hydrogen-bond donors (Lipinski definition) is 1. The number of thioether (sulfide) groups is 1. The topological polar surface area (TPSA) is 70.8 Å². The number of allylic oxidation sites excluding steroid dienone is 5. The number of furan rings is 1. The van der Waals surface area contributed by atoms with Gasteiger partial charge in [-0.3, -0.25) is 9.69 Å². The van der Waals surface area contributed by atoms with Gasteiger partial charge in [-0.25, -0.2) is 4.79 Å². The van der Waals surface area contributed by atoms with E-state index in [1.54, 1.807) is 23.1 Å². The van der Waals surface area contributed by atoms with E-state index in [2.05, 4.69) is 0 Å². The van der Waals surface area contributed by atoms with Gasteiger partial charge in [-0.2, -0.15) is 0 Å². The number of hydrogen-bond acceptors (Lipinski definition) is 5. The van der Waals surface area contributed by atoms with Crippen molar-refractivity contribution < 1.29 is 19.1 Å². The molecule has 0 radical (unpaired) electrons. The maximum absolute atomic E-state index is 12.8. The number of carbonyl (C=O) groups excluding carboxylic acids is 1. The van der Waals surface area contributed by atoms with Crippen molar-refractivity contribution >= 4 is 45.7 Å². The predicted molar refractivity (Wildman–Crippen MR) is 133 cm³/mol. The molecule has 7 heteroatoms. The zero-order valence-electron chi connectivity index (χ0n) is 18.0. The third-order valence-corrected chi connectivity index (χ3v) is 6.42. The Morgan fingerprint density at radius 2 is 2.03 bits per heavy atom. The summed E-state index contributed by atoms with van der Waals surface area (Å²) in [5, 5.41) is 9.13. The second-order valence-electron chi connectivity index (χ2n) is 7.20. The smallest absolute Gasteiger partial charge is 0.335 e. The van der Waals surface area contributed by atoms with Crippen molar-refractivity contribution in [3.05, 3.63) is 88.3 Å². The summed E-state index contributed by atoms with van der Waals surface area (Å²) in [6, 6.07) is 10.7. The van der Waals surface area contributed by atoms with Crippen molar-refractivity contribution in [1.82, 2.24) is 4.90 Å². The summed E-state index contributed by atoms with van der Waals surface area (Å²) >= 11 is 6.70. The van der Waals surface area contributed by atoms with Crippen LogP contribution in [0.1, 0.15) is 47.7 Å². The summed E-state index contributed by atoms with van der Waals surface area (Å²) in [5.74, 6) is 0.638. The van der Waals surface area contributed by atoms with Gasteiger partial charge in [0.05, 0.1) is 10.5 Å². The Morgan fingerprint density at radius 1 is 1.22 bits per heavy atom. The average Bonchev–Trinajstić information content (AvgIpc) is 3.35. The SMILES string of the molecule is C/C=C\C(=C/C)c1ccc(CCC=C2SC(=S)N(CCc3cccc(C(=O)O)c3)C2=O)o1. The van der Waals surface area contributed by atoms with Gasteiger partial charge < -0.3 is 9.52 Å². The highest BCUT2D eigenvalue weighted by Crippen LogP contribution is 2.31. The molecule has 3 rings (SSSR count). The lowest BCUT2D eigenvalue weighted by molar-refractivity contribution is -0.122. The first-order valence-corrected chi connectivity index (χ1v) is 11.6. The molecule has 1 saturated heterocycles. The molecular weight excluding hydrogens is 442 g/mol. The van der Waals surface area contributed by atoms with E-state index < -0.39 is 5.97 Å². The molecule has 0 saturated carbocycles. The highest BCUT2D eigenvalue weighted by atomic mass is 32.2. The average molecular weight is 468 g/mol. The lowest BCUT2D eigenvalue weighted by Crippen LogP contribution is -2.30. The summed E-state index contributed by atoms with van der Waals surface area (Å²) in [5.41, 5.74) is 2.13. The third kappa shape index (κ3) is 5.87. The van der Waals surface area contributed by atoms with Crippen LogP contribution in [0.25, 0.3) is 5.57 Å². The van der Waals surface area contributed by atoms with Crippen LogP contribution in [0, 0.1) is 0 Å². The lowest BCUT2D eigenvalue weighted by atomic mass is 10.1. The highest BCUT2D eigenvalue weighted by molar-refractivity contribution is 8.26. The maximum atomic E-state index is 12.8. The van der Waals surface area contributed by atoms with Crippen molar-refractivity contribution in [3.63, 3.8) is 0 Å². The summed E-state index contributed by atoms with van der Waals surface area (Å²) in [7, 11) is 0. The maximum Gasteiger partial charge on any atom is 0.335 e. The molecule has 1 N–H and O–H groups in total. The zero-order chi connectivity index (χ0) is 23.1. The van der Waals surface area contributed by atoms with Crippen LogP contribution in [-0.2, 0) is 17.6 Å². The number of amides is 1. The fourth-order valence-electron chi connectivity index (χ4n) is 3.34. The number of carboxylic acid groups (broad SMARTS) is 1. The molecule has 0 spiro atoms. The number of aromatic carboxylic acids is 1. The van der Waals surface area contributed by atoms with Gasteiger partial charge in [-0.15, -0.1) is 0 Å². The summed E-state index contributed by atoms with van der Waals surface area (Å²) in [6.45, 7) is 4.36. The Labute approximate surface area is 197 Å². The highest BCUT2D eigenvalue weighted by Gasteiger charge is 2.31. The Bertz CT molecular complexity index is 1110. The van der Waals surface area contributed by atoms with E-state index in [4.69, 9.17) is 21.7 Å². The molecule has 1 aliphatic rings. The van der Waals surface area contributed by atoms with Gasteiger partial charge in [0.1, 0.15) is 15.8 Å². The van der Waals surface area contributed by atoms with E-state index in [-0.39, 0.29) is 11.5 Å². The van der Waals surface area contributed by atoms with E-state index in [9.17, 15) is 9.59 Å². The molecule has 2 heterocycles. The lowest BCUT2D eigenvalue weighted by Gasteiger charge is -2.14. The van der Waals surface area contributed by atoms with Crippen molar-refractivity contribution in [2.24, 2.45) is 0 Å². The molecule has 0 aliphatic carbocycles. The molecule has 2 aromatic rings. The van der Waals surface area contributed by atoms with Gasteiger partial charge in [-0.1, -0.05) is 60.4 Å². The molecule has 1 fully saturated rings. The van der Waals surface area contributed by atoms with Crippen LogP contribution in [0.15, 0.2) is 70.0 Å². The second kappa shape index (κ2) is 11.1. The first kappa shape index (κ1) is 23.8. The van der Waals surface area contributed by atoms with Crippen molar-refractivity contribution in [2.75, 3.05) is 6.54 Å². The minimum atomic E-state index is -0.965. The number of carboxylic acids is 1. The van der Waals surface area contributed by atoms with Crippen LogP contribution in [0.4, 0.5) is 0 Å². The van der Waals surface area contributed by atoms with Gasteiger partial charge in [0.25, 0.3) is 5.91 Å². The summed E-state index contributed by atoms with van der Waals surface area (Å²) in [6.07, 6.45) is 9.80. The van der Waals surface area contributed by atoms with E-state index in [0.29, 0.717) is 35.0 Å². The quantitative estimate of drug-likeness (QED) is 0.282. The first-order chi connectivity index (χ1) is 15.4. The van der Waals surface area contributed by atoms with Gasteiger partial charge in [-0.05, 0) is 56.5 Å². The molecule has 166 valence electrons. The van der Waals surface area contributed by atoms with Crippen molar-refractivity contribution in [2.45, 2.75) is 33.1 Å². The van der Waals surface area contributed by atoms with Crippen LogP contribution in [0.3, 0.4) is 0 Å². The molecule has 5 nitrogen and oxygen atoms in total. The van der Waals surface area contributed by atoms with Crippen LogP contribution in [-0.4, -0.2) is 32.7 Å². The second-order valence-corrected chi connectivity index (χ2v) is 8.87. The minimum Gasteiger partial charge on any atom is -0.478 e. The fourth-order valence-corrected chi connectivity index (χ4v) is 4.66. The molecule has 0 atom stereocenters. The number of carbonyl (C=O) groups is 2. The standard InChI is InChI=1S/C25H25NO4S2/c1-3-7-18(4-2)21-13-12-20(30-21)10-6-11-22-23(27)26(25(31)32-22)15-14-17-8-5-9-19(16-17)24(28)29/h3-5,7-9,11-13,16H,6,10,14-15H2,1-2H3,(H,28,29)/b7-3-,18-4+,22-11?. The Hall–Kier alpha value is -2.90. The Balaban J connectivity index is 1.57. The molecular formula is C25H25NO4S2. The van der Waals surface area contributed by atoms with E-state index >= 15 is 0 Å². The van der Waals surface area contributed by atoms with Crippen LogP contribution in [0.5, 0.6) is 0 Å². The number of nitrogens with zero attached hydrogens (tertiary/aromatic N) is 1. The van der Waals surface area contributed by atoms with Crippen LogP contribution < -0.4 is 0 Å². The van der Waals surface area contributed by atoms with Gasteiger partial charge in [0.15, 0.2) is 0 Å². The molecule has 1 aliphatic heterocycles. The Morgan fingerprint density at radius 3 is 2.75 bits per heavy atom. The van der Waals surface area contributed by atoms with E-state index in [0.717, 1.165) is 22.7 Å². The fraction of sp³-hybridized carbons (Fsp3) is 0.240. The first-order valence-electron chi connectivity index (χ1n) is 10.4. The predicted octanol–water partition coefficient (Wildman–Crippen LogP) is 5.88. The number of aryl methyl sites for hydroxylation is 1. The van der Waals surface area contributed by atoms with Crippen molar-refractivity contribution in [1.29, 1.82) is 0 Å². The Kier molecular flexibility index (Phi) is 8.25. The number of rotatable bonds is 9. The molecule has 1 amide bonds. The number of thiocarbonyl (C=S) groups is 1.